The minimum atomic E-state index is -1.43. The van der Waals surface area contributed by atoms with Gasteiger partial charge in [0, 0.05) is 17.7 Å². The minimum Gasteiger partial charge on any atom is -0.507 e. The number of nitrogens with zero attached hydrogens (tertiary/aromatic N) is 1. The number of imide groups is 1. The number of carbonyl (C=O) groups excluding carboxylic acids is 3. The number of piperidine rings is 1. The maximum atomic E-state index is 12.4. The SMILES string of the molecule is Nc1ccc(O)c2c1C(O)N(C1CCC(=O)NC1=O)C2=O. The molecule has 110 valence electrons. The number of phenolic OH excluding ortho intramolecular Hbond substituents is 1. The Morgan fingerprint density at radius 1 is 1.29 bits per heavy atom. The van der Waals surface area contributed by atoms with Gasteiger partial charge in [0.1, 0.15) is 11.8 Å². The quantitative estimate of drug-likeness (QED) is 0.305. The molecule has 1 aromatic carbocycles. The van der Waals surface area contributed by atoms with Gasteiger partial charge >= 0.3 is 0 Å². The fourth-order valence-electron chi connectivity index (χ4n) is 2.77. The van der Waals surface area contributed by atoms with E-state index in [2.05, 4.69) is 5.32 Å². The van der Waals surface area contributed by atoms with Crippen LogP contribution in [0.1, 0.15) is 35.0 Å². The molecular weight excluding hydrogens is 278 g/mol. The predicted octanol–water partition coefficient (Wildman–Crippen LogP) is -0.774. The van der Waals surface area contributed by atoms with E-state index < -0.39 is 30.0 Å². The van der Waals surface area contributed by atoms with Crippen molar-refractivity contribution >= 4 is 23.4 Å². The van der Waals surface area contributed by atoms with E-state index in [0.29, 0.717) is 0 Å². The summed E-state index contributed by atoms with van der Waals surface area (Å²) in [6.45, 7) is 0. The maximum Gasteiger partial charge on any atom is 0.261 e. The van der Waals surface area contributed by atoms with Crippen molar-refractivity contribution in [3.8, 4) is 5.75 Å². The number of aromatic hydroxyl groups is 1. The topological polar surface area (TPSA) is 133 Å². The molecule has 2 atom stereocenters. The zero-order valence-corrected chi connectivity index (χ0v) is 10.9. The molecule has 0 saturated carbocycles. The van der Waals surface area contributed by atoms with E-state index in [1.807, 2.05) is 0 Å². The van der Waals surface area contributed by atoms with Gasteiger partial charge in [0.15, 0.2) is 6.23 Å². The number of aliphatic hydroxyl groups excluding tert-OH is 1. The van der Waals surface area contributed by atoms with E-state index in [1.54, 1.807) is 0 Å². The molecule has 3 amide bonds. The highest BCUT2D eigenvalue weighted by molar-refractivity contribution is 6.07. The number of anilines is 1. The van der Waals surface area contributed by atoms with Gasteiger partial charge in [-0.2, -0.15) is 0 Å². The summed E-state index contributed by atoms with van der Waals surface area (Å²) in [6.07, 6.45) is -1.24. The summed E-state index contributed by atoms with van der Waals surface area (Å²) in [7, 11) is 0. The summed E-state index contributed by atoms with van der Waals surface area (Å²) in [5, 5.41) is 22.2. The molecule has 2 heterocycles. The van der Waals surface area contributed by atoms with Gasteiger partial charge in [0.2, 0.25) is 11.8 Å². The molecule has 3 rings (SSSR count). The van der Waals surface area contributed by atoms with Crippen LogP contribution in [0.5, 0.6) is 5.75 Å². The first-order chi connectivity index (χ1) is 9.91. The lowest BCUT2D eigenvalue weighted by atomic mass is 10.0. The summed E-state index contributed by atoms with van der Waals surface area (Å²) >= 11 is 0. The van der Waals surface area contributed by atoms with Crippen LogP contribution in [0.3, 0.4) is 0 Å². The molecule has 1 saturated heterocycles. The zero-order valence-electron chi connectivity index (χ0n) is 10.9. The first kappa shape index (κ1) is 13.4. The third-order valence-corrected chi connectivity index (χ3v) is 3.77. The molecule has 0 radical (unpaired) electrons. The van der Waals surface area contributed by atoms with Crippen LogP contribution in [-0.4, -0.2) is 38.9 Å². The van der Waals surface area contributed by atoms with Gasteiger partial charge in [-0.25, -0.2) is 0 Å². The van der Waals surface area contributed by atoms with Gasteiger partial charge in [0.25, 0.3) is 5.91 Å². The summed E-state index contributed by atoms with van der Waals surface area (Å²) in [5.41, 5.74) is 5.87. The van der Waals surface area contributed by atoms with Crippen LogP contribution >= 0.6 is 0 Å². The second-order valence-electron chi connectivity index (χ2n) is 5.02. The van der Waals surface area contributed by atoms with Crippen LogP contribution in [0.2, 0.25) is 0 Å². The predicted molar refractivity (Wildman–Crippen MR) is 69.8 cm³/mol. The number of nitrogen functional groups attached to an aromatic ring is 1. The maximum absolute atomic E-state index is 12.4. The molecule has 0 aromatic heterocycles. The van der Waals surface area contributed by atoms with Crippen molar-refractivity contribution < 1.29 is 24.6 Å². The highest BCUT2D eigenvalue weighted by Gasteiger charge is 2.46. The van der Waals surface area contributed by atoms with Crippen LogP contribution in [0, 0.1) is 0 Å². The molecule has 2 unspecified atom stereocenters. The van der Waals surface area contributed by atoms with E-state index >= 15 is 0 Å². The second kappa shape index (κ2) is 4.45. The van der Waals surface area contributed by atoms with Crippen LogP contribution in [-0.2, 0) is 9.59 Å². The number of nitrogens with one attached hydrogen (secondary N) is 1. The molecule has 0 bridgehead atoms. The molecule has 0 aliphatic carbocycles. The standard InChI is InChI=1S/C13H13N3O5/c14-5-1-3-7(17)10-9(5)12(20)16(13(10)21)6-2-4-8(18)15-11(6)19/h1,3,6,12,17,20H,2,4,14H2,(H,15,18,19). The second-order valence-corrected chi connectivity index (χ2v) is 5.02. The lowest BCUT2D eigenvalue weighted by Crippen LogP contribution is -2.53. The Hall–Kier alpha value is -2.61. The van der Waals surface area contributed by atoms with E-state index in [1.165, 1.54) is 12.1 Å². The molecule has 2 aliphatic rings. The largest absolute Gasteiger partial charge is 0.507 e. The van der Waals surface area contributed by atoms with Crippen molar-refractivity contribution in [1.82, 2.24) is 10.2 Å². The van der Waals surface area contributed by atoms with Crippen molar-refractivity contribution in [3.63, 3.8) is 0 Å². The number of amides is 3. The number of carbonyl (C=O) groups is 3. The van der Waals surface area contributed by atoms with Crippen molar-refractivity contribution in [3.05, 3.63) is 23.3 Å². The molecule has 1 aromatic rings. The Morgan fingerprint density at radius 3 is 2.62 bits per heavy atom. The summed E-state index contributed by atoms with van der Waals surface area (Å²) in [4.78, 5) is 36.4. The Morgan fingerprint density at radius 2 is 2.00 bits per heavy atom. The number of phenols is 1. The normalized spacial score (nSPS) is 25.0. The Labute approximate surface area is 119 Å². The average molecular weight is 291 g/mol. The minimum absolute atomic E-state index is 0.0741. The van der Waals surface area contributed by atoms with Crippen LogP contribution in [0.4, 0.5) is 5.69 Å². The molecule has 21 heavy (non-hydrogen) atoms. The number of nitrogens with two attached hydrogens (primary N) is 1. The van der Waals surface area contributed by atoms with Gasteiger partial charge in [0.05, 0.1) is 5.56 Å². The fraction of sp³-hybridized carbons (Fsp3) is 0.308. The van der Waals surface area contributed by atoms with E-state index in [-0.39, 0.29) is 35.4 Å². The van der Waals surface area contributed by atoms with Gasteiger partial charge in [-0.3, -0.25) is 24.6 Å². The van der Waals surface area contributed by atoms with Crippen LogP contribution in [0.25, 0.3) is 0 Å². The van der Waals surface area contributed by atoms with E-state index in [4.69, 9.17) is 5.73 Å². The highest BCUT2D eigenvalue weighted by atomic mass is 16.3. The summed E-state index contributed by atoms with van der Waals surface area (Å²) < 4.78 is 0. The lowest BCUT2D eigenvalue weighted by molar-refractivity contribution is -0.139. The molecular formula is C13H13N3O5. The van der Waals surface area contributed by atoms with Gasteiger partial charge in [-0.05, 0) is 18.6 Å². The van der Waals surface area contributed by atoms with E-state index in [9.17, 15) is 24.6 Å². The summed E-state index contributed by atoms with van der Waals surface area (Å²) in [5.74, 6) is -2.06. The smallest absolute Gasteiger partial charge is 0.261 e. The van der Waals surface area contributed by atoms with Gasteiger partial charge in [-0.1, -0.05) is 0 Å². The van der Waals surface area contributed by atoms with Crippen LogP contribution in [0.15, 0.2) is 12.1 Å². The van der Waals surface area contributed by atoms with Crippen molar-refractivity contribution in [2.75, 3.05) is 5.73 Å². The number of hydrogen-bond acceptors (Lipinski definition) is 6. The zero-order chi connectivity index (χ0) is 15.3. The number of benzene rings is 1. The molecule has 0 spiro atoms. The first-order valence-electron chi connectivity index (χ1n) is 6.37. The molecule has 8 heteroatoms. The highest BCUT2D eigenvalue weighted by Crippen LogP contribution is 2.42. The third-order valence-electron chi connectivity index (χ3n) is 3.77. The number of fused-ring (bicyclic) bond motifs is 1. The van der Waals surface area contributed by atoms with Gasteiger partial charge < -0.3 is 15.9 Å². The molecule has 1 fully saturated rings. The molecule has 2 aliphatic heterocycles. The molecule has 8 nitrogen and oxygen atoms in total. The lowest BCUT2D eigenvalue weighted by Gasteiger charge is -2.32. The Balaban J connectivity index is 2.02. The average Bonchev–Trinajstić information content (AvgIpc) is 2.68. The van der Waals surface area contributed by atoms with Crippen molar-refractivity contribution in [1.29, 1.82) is 0 Å². The number of aliphatic hydroxyl groups is 1. The molecule has 5 N–H and O–H groups in total. The number of hydrogen-bond donors (Lipinski definition) is 4. The first-order valence-corrected chi connectivity index (χ1v) is 6.37. The third kappa shape index (κ3) is 1.83. The Kier molecular flexibility index (Phi) is 2.84. The van der Waals surface area contributed by atoms with Crippen LogP contribution < -0.4 is 11.1 Å². The Bertz CT molecular complexity index is 672. The van der Waals surface area contributed by atoms with Crippen molar-refractivity contribution in [2.45, 2.75) is 25.1 Å². The van der Waals surface area contributed by atoms with Gasteiger partial charge in [-0.15, -0.1) is 0 Å². The fourth-order valence-corrected chi connectivity index (χ4v) is 2.77. The number of rotatable bonds is 1. The van der Waals surface area contributed by atoms with E-state index in [0.717, 1.165) is 4.90 Å². The van der Waals surface area contributed by atoms with Crippen molar-refractivity contribution in [2.24, 2.45) is 0 Å². The summed E-state index contributed by atoms with van der Waals surface area (Å²) in [6, 6.07) is 1.65. The monoisotopic (exact) mass is 291 g/mol.